The van der Waals surface area contributed by atoms with Crippen molar-refractivity contribution in [2.45, 2.75) is 45.2 Å². The van der Waals surface area contributed by atoms with E-state index in [9.17, 15) is 0 Å². The summed E-state index contributed by atoms with van der Waals surface area (Å²) in [5.41, 5.74) is 5.88. The van der Waals surface area contributed by atoms with Gasteiger partial charge in [-0.1, -0.05) is 6.92 Å². The van der Waals surface area contributed by atoms with E-state index < -0.39 is 0 Å². The molecule has 2 N–H and O–H groups in total. The third-order valence-electron chi connectivity index (χ3n) is 2.46. The minimum absolute atomic E-state index is 0.183. The van der Waals surface area contributed by atoms with Crippen LogP contribution in [0.3, 0.4) is 0 Å². The topological polar surface area (TPSA) is 67.6 Å². The largest absolute Gasteiger partial charge is 0.335 e. The lowest BCUT2D eigenvalue weighted by molar-refractivity contribution is 0.567. The Bertz CT molecular complexity index is 324. The summed E-state index contributed by atoms with van der Waals surface area (Å²) in [5.74, 6) is 1.03. The number of hydrogen-bond donors (Lipinski definition) is 1. The normalized spacial score (nSPS) is 12.3. The van der Waals surface area contributed by atoms with Crippen LogP contribution in [0.2, 0.25) is 0 Å². The summed E-state index contributed by atoms with van der Waals surface area (Å²) in [6.07, 6.45) is 7.00. The Morgan fingerprint density at radius 1 is 1.67 bits per heavy atom. The Labute approximate surface area is 90.7 Å². The second-order valence-electron chi connectivity index (χ2n) is 3.67. The molecule has 1 unspecified atom stereocenters. The first-order valence-electron chi connectivity index (χ1n) is 5.40. The van der Waals surface area contributed by atoms with Crippen molar-refractivity contribution in [3.05, 3.63) is 18.2 Å². The highest BCUT2D eigenvalue weighted by atomic mass is 15.1. The molecule has 82 valence electrons. The molecule has 1 aromatic heterocycles. The highest BCUT2D eigenvalue weighted by molar-refractivity contribution is 4.95. The lowest BCUT2D eigenvalue weighted by Crippen LogP contribution is -2.23. The standard InChI is InChI=1S/C11H18N4/c1-2-10(13)9-11-14-6-8-15(11)7-4-3-5-12/h6,8,10H,2-4,7,9,13H2,1H3. The van der Waals surface area contributed by atoms with Crippen LogP contribution >= 0.6 is 0 Å². The van der Waals surface area contributed by atoms with Crippen LogP contribution in [0.15, 0.2) is 12.4 Å². The lowest BCUT2D eigenvalue weighted by atomic mass is 10.1. The van der Waals surface area contributed by atoms with E-state index in [0.717, 1.165) is 31.6 Å². The maximum absolute atomic E-state index is 8.45. The SMILES string of the molecule is CCC(N)Cc1nccn1CCCC#N. The first kappa shape index (κ1) is 11.7. The molecular formula is C11H18N4. The van der Waals surface area contributed by atoms with Crippen molar-refractivity contribution in [2.24, 2.45) is 5.73 Å². The van der Waals surface area contributed by atoms with Crippen molar-refractivity contribution in [3.8, 4) is 6.07 Å². The van der Waals surface area contributed by atoms with Gasteiger partial charge in [-0.25, -0.2) is 4.98 Å². The summed E-state index contributed by atoms with van der Waals surface area (Å²) in [5, 5.41) is 8.45. The fourth-order valence-corrected chi connectivity index (χ4v) is 1.44. The summed E-state index contributed by atoms with van der Waals surface area (Å²) in [6, 6.07) is 2.33. The number of hydrogen-bond acceptors (Lipinski definition) is 3. The Morgan fingerprint density at radius 3 is 3.13 bits per heavy atom. The Hall–Kier alpha value is -1.34. The molecule has 1 atom stereocenters. The fraction of sp³-hybridized carbons (Fsp3) is 0.636. The zero-order chi connectivity index (χ0) is 11.1. The molecule has 0 fully saturated rings. The molecule has 4 heteroatoms. The Kier molecular flexibility index (Phi) is 4.85. The molecule has 4 nitrogen and oxygen atoms in total. The molecule has 1 heterocycles. The maximum Gasteiger partial charge on any atom is 0.110 e. The number of rotatable bonds is 6. The predicted octanol–water partition coefficient (Wildman–Crippen LogP) is 1.47. The summed E-state index contributed by atoms with van der Waals surface area (Å²) in [6.45, 7) is 2.94. The van der Waals surface area contributed by atoms with Crippen LogP contribution in [0.25, 0.3) is 0 Å². The number of imidazole rings is 1. The maximum atomic E-state index is 8.45. The van der Waals surface area contributed by atoms with E-state index in [1.165, 1.54) is 0 Å². The lowest BCUT2D eigenvalue weighted by Gasteiger charge is -2.10. The van der Waals surface area contributed by atoms with Gasteiger partial charge in [0.15, 0.2) is 0 Å². The van der Waals surface area contributed by atoms with Gasteiger partial charge in [-0.05, 0) is 12.8 Å². The molecule has 0 radical (unpaired) electrons. The number of nitrogens with two attached hydrogens (primary N) is 1. The summed E-state index contributed by atoms with van der Waals surface area (Å²) >= 11 is 0. The molecule has 1 rings (SSSR count). The zero-order valence-corrected chi connectivity index (χ0v) is 9.19. The van der Waals surface area contributed by atoms with E-state index in [2.05, 4.69) is 22.5 Å². The van der Waals surface area contributed by atoms with Crippen LogP contribution in [-0.2, 0) is 13.0 Å². The van der Waals surface area contributed by atoms with Crippen LogP contribution in [0.1, 0.15) is 32.0 Å². The van der Waals surface area contributed by atoms with Crippen LogP contribution < -0.4 is 5.73 Å². The van der Waals surface area contributed by atoms with Gasteiger partial charge in [0, 0.05) is 37.8 Å². The van der Waals surface area contributed by atoms with Gasteiger partial charge in [-0.3, -0.25) is 0 Å². The molecule has 0 saturated carbocycles. The monoisotopic (exact) mass is 206 g/mol. The van der Waals surface area contributed by atoms with Crippen molar-refractivity contribution >= 4 is 0 Å². The third-order valence-corrected chi connectivity index (χ3v) is 2.46. The molecule has 0 aliphatic carbocycles. The molecule has 0 saturated heterocycles. The molecular weight excluding hydrogens is 188 g/mol. The van der Waals surface area contributed by atoms with Gasteiger partial charge in [0.25, 0.3) is 0 Å². The summed E-state index contributed by atoms with van der Waals surface area (Å²) in [4.78, 5) is 4.28. The highest BCUT2D eigenvalue weighted by Crippen LogP contribution is 2.04. The van der Waals surface area contributed by atoms with Gasteiger partial charge in [0.2, 0.25) is 0 Å². The smallest absolute Gasteiger partial charge is 0.110 e. The molecule has 15 heavy (non-hydrogen) atoms. The third kappa shape index (κ3) is 3.72. The molecule has 0 bridgehead atoms. The first-order valence-corrected chi connectivity index (χ1v) is 5.40. The summed E-state index contributed by atoms with van der Waals surface area (Å²) < 4.78 is 2.09. The molecule has 0 amide bonds. The van der Waals surface area contributed by atoms with Crippen molar-refractivity contribution in [3.63, 3.8) is 0 Å². The zero-order valence-electron chi connectivity index (χ0n) is 9.19. The molecule has 0 aliphatic rings. The van der Waals surface area contributed by atoms with E-state index in [-0.39, 0.29) is 6.04 Å². The Balaban J connectivity index is 2.50. The van der Waals surface area contributed by atoms with E-state index in [0.29, 0.717) is 6.42 Å². The second kappa shape index (κ2) is 6.20. The van der Waals surface area contributed by atoms with Crippen LogP contribution in [0, 0.1) is 11.3 Å². The van der Waals surface area contributed by atoms with Crippen molar-refractivity contribution in [1.82, 2.24) is 9.55 Å². The van der Waals surface area contributed by atoms with Crippen LogP contribution in [-0.4, -0.2) is 15.6 Å². The molecule has 1 aromatic rings. The van der Waals surface area contributed by atoms with Crippen molar-refractivity contribution < 1.29 is 0 Å². The van der Waals surface area contributed by atoms with Crippen LogP contribution in [0.5, 0.6) is 0 Å². The van der Waals surface area contributed by atoms with E-state index in [1.807, 2.05) is 6.20 Å². The molecule has 0 aromatic carbocycles. The van der Waals surface area contributed by atoms with Gasteiger partial charge in [-0.2, -0.15) is 5.26 Å². The number of nitriles is 1. The van der Waals surface area contributed by atoms with E-state index in [4.69, 9.17) is 11.0 Å². The van der Waals surface area contributed by atoms with Gasteiger partial charge >= 0.3 is 0 Å². The second-order valence-corrected chi connectivity index (χ2v) is 3.67. The van der Waals surface area contributed by atoms with Gasteiger partial charge in [0.05, 0.1) is 6.07 Å². The number of aromatic nitrogens is 2. The average Bonchev–Trinajstić information content (AvgIpc) is 2.66. The number of unbranched alkanes of at least 4 members (excludes halogenated alkanes) is 1. The van der Waals surface area contributed by atoms with Gasteiger partial charge in [-0.15, -0.1) is 0 Å². The fourth-order valence-electron chi connectivity index (χ4n) is 1.44. The Morgan fingerprint density at radius 2 is 2.47 bits per heavy atom. The van der Waals surface area contributed by atoms with Gasteiger partial charge < -0.3 is 10.3 Å². The number of nitrogens with zero attached hydrogens (tertiary/aromatic N) is 3. The number of aryl methyl sites for hydroxylation is 1. The minimum Gasteiger partial charge on any atom is -0.335 e. The quantitative estimate of drug-likeness (QED) is 0.716. The van der Waals surface area contributed by atoms with Crippen molar-refractivity contribution in [1.29, 1.82) is 5.26 Å². The predicted molar refractivity (Wildman–Crippen MR) is 59.0 cm³/mol. The minimum atomic E-state index is 0.183. The molecule has 0 spiro atoms. The first-order chi connectivity index (χ1) is 7.27. The van der Waals surface area contributed by atoms with Crippen LogP contribution in [0.4, 0.5) is 0 Å². The van der Waals surface area contributed by atoms with Gasteiger partial charge in [0.1, 0.15) is 5.82 Å². The highest BCUT2D eigenvalue weighted by Gasteiger charge is 2.06. The van der Waals surface area contributed by atoms with Crippen molar-refractivity contribution in [2.75, 3.05) is 0 Å². The van der Waals surface area contributed by atoms with E-state index in [1.54, 1.807) is 6.20 Å². The average molecular weight is 206 g/mol. The molecule has 0 aliphatic heterocycles. The summed E-state index contributed by atoms with van der Waals surface area (Å²) in [7, 11) is 0. The van der Waals surface area contributed by atoms with E-state index >= 15 is 0 Å².